The number of fused-ring (bicyclic) bond motifs is 14. The van der Waals surface area contributed by atoms with E-state index in [1.54, 1.807) is 0 Å². The van der Waals surface area contributed by atoms with Crippen LogP contribution in [0.3, 0.4) is 0 Å². The van der Waals surface area contributed by atoms with Gasteiger partial charge >= 0.3 is 0 Å². The normalized spacial score (nSPS) is 12.1. The second kappa shape index (κ2) is 14.5. The third-order valence-electron chi connectivity index (χ3n) is 13.7. The molecule has 0 amide bonds. The number of hydrogen-bond acceptors (Lipinski definition) is 6. The highest BCUT2D eigenvalue weighted by molar-refractivity contribution is 7.26. The summed E-state index contributed by atoms with van der Waals surface area (Å²) < 4.78 is 18.7. The van der Waals surface area contributed by atoms with Crippen LogP contribution < -0.4 is 9.80 Å². The van der Waals surface area contributed by atoms with Crippen LogP contribution in [0, 0.1) is 0 Å². The zero-order valence-electron chi connectivity index (χ0n) is 36.3. The highest BCUT2D eigenvalue weighted by Crippen LogP contribution is 2.48. The number of nitrogens with zero attached hydrogens (tertiary/aromatic N) is 2. The van der Waals surface area contributed by atoms with Crippen molar-refractivity contribution in [2.24, 2.45) is 0 Å². The van der Waals surface area contributed by atoms with Crippen LogP contribution in [0.2, 0.25) is 0 Å². The summed E-state index contributed by atoms with van der Waals surface area (Å²) in [4.78, 5) is 4.78. The van der Waals surface area contributed by atoms with Crippen LogP contribution in [0.4, 0.5) is 34.1 Å². The van der Waals surface area contributed by atoms with Crippen molar-refractivity contribution in [2.75, 3.05) is 9.80 Å². The fraction of sp³-hybridized carbons (Fsp3) is 0. The van der Waals surface area contributed by atoms with Crippen molar-refractivity contribution in [1.29, 1.82) is 0 Å². The number of furan rings is 2. The van der Waals surface area contributed by atoms with Gasteiger partial charge in [0.25, 0.3) is 0 Å². The quantitative estimate of drug-likeness (QED) is 0.166. The molecule has 0 atom stereocenters. The molecule has 4 heterocycles. The van der Waals surface area contributed by atoms with E-state index in [0.717, 1.165) is 99.5 Å². The average molecular weight is 905 g/mol. The lowest BCUT2D eigenvalue weighted by Gasteiger charge is -2.26. The summed E-state index contributed by atoms with van der Waals surface area (Å²) in [7, 11) is 0. The van der Waals surface area contributed by atoms with Gasteiger partial charge in [0.05, 0.1) is 11.4 Å². The van der Waals surface area contributed by atoms with Crippen molar-refractivity contribution in [1.82, 2.24) is 0 Å². The van der Waals surface area contributed by atoms with E-state index in [4.69, 9.17) is 8.83 Å². The molecule has 0 fully saturated rings. The number of benzene rings is 11. The molecule has 0 radical (unpaired) electrons. The topological polar surface area (TPSA) is 32.8 Å². The molecule has 0 aliphatic rings. The molecule has 4 nitrogen and oxygen atoms in total. The molecule has 0 unspecified atom stereocenters. The van der Waals surface area contributed by atoms with E-state index in [2.05, 4.69) is 228 Å². The number of rotatable bonds is 6. The SMILES string of the molecule is c1ccc(N(c2ccc3cc4c(cc3c2)oc2cc3c(cc24)oc2cc4cc(N(c5ccccc5)c5cccc6sc7ccccc7c56)ccc4cc23)c2cccc3sc4ccccc4c23)cc1. The highest BCUT2D eigenvalue weighted by Gasteiger charge is 2.22. The second-order valence-corrected chi connectivity index (χ2v) is 19.8. The van der Waals surface area contributed by atoms with Crippen LogP contribution in [0.25, 0.3) is 106 Å². The smallest absolute Gasteiger partial charge is 0.136 e. The molecule has 0 aliphatic carbocycles. The van der Waals surface area contributed by atoms with Crippen LogP contribution in [-0.2, 0) is 0 Å². The van der Waals surface area contributed by atoms with Gasteiger partial charge in [-0.05, 0) is 143 Å². The van der Waals surface area contributed by atoms with Crippen molar-refractivity contribution in [3.63, 3.8) is 0 Å². The molecule has 0 aliphatic heterocycles. The molecule has 318 valence electrons. The van der Waals surface area contributed by atoms with Gasteiger partial charge in [-0.2, -0.15) is 0 Å². The van der Waals surface area contributed by atoms with Crippen LogP contribution in [0.15, 0.2) is 227 Å². The first-order chi connectivity index (χ1) is 33.7. The molecule has 15 aromatic rings. The van der Waals surface area contributed by atoms with E-state index in [1.165, 1.54) is 40.3 Å². The lowest BCUT2D eigenvalue weighted by molar-refractivity contribution is 0.664. The number of anilines is 6. The minimum Gasteiger partial charge on any atom is -0.456 e. The predicted octanol–water partition coefficient (Wildman–Crippen LogP) is 19.5. The summed E-state index contributed by atoms with van der Waals surface area (Å²) in [5.41, 5.74) is 10.1. The van der Waals surface area contributed by atoms with Crippen molar-refractivity contribution in [3.05, 3.63) is 218 Å². The summed E-state index contributed by atoms with van der Waals surface area (Å²) in [5.74, 6) is 0. The maximum absolute atomic E-state index is 6.76. The van der Waals surface area contributed by atoms with Gasteiger partial charge in [-0.15, -0.1) is 22.7 Å². The summed E-state index contributed by atoms with van der Waals surface area (Å²) >= 11 is 3.69. The standard InChI is InChI=1S/C62H36N2O2S2/c1-3-13-41(14-4-1)63(51-19-11-23-59-61(51)45-17-7-9-21-57(45)67-59)43-27-25-37-31-47-49-35-56-50(36-55(49)65-53(47)33-39(37)29-43)48-32-38-26-28-44(30-40(38)34-54(48)66-56)64(42-15-5-2-6-16-42)52-20-12-24-60-62(52)46-18-8-10-22-58(46)68-60/h1-36H. The fourth-order valence-corrected chi connectivity index (χ4v) is 12.9. The van der Waals surface area contributed by atoms with Gasteiger partial charge in [-0.25, -0.2) is 0 Å². The average Bonchev–Trinajstić information content (AvgIpc) is 4.15. The Morgan fingerprint density at radius 3 is 1.13 bits per heavy atom. The highest BCUT2D eigenvalue weighted by atomic mass is 32.1. The van der Waals surface area contributed by atoms with Crippen LogP contribution in [-0.4, -0.2) is 0 Å². The van der Waals surface area contributed by atoms with E-state index in [-0.39, 0.29) is 0 Å². The molecule has 0 bridgehead atoms. The summed E-state index contributed by atoms with van der Waals surface area (Å²) in [6, 6.07) is 78.9. The maximum Gasteiger partial charge on any atom is 0.136 e. The Hall–Kier alpha value is -8.42. The van der Waals surface area contributed by atoms with Crippen molar-refractivity contribution >= 4 is 163 Å². The molecule has 11 aromatic carbocycles. The first-order valence-electron chi connectivity index (χ1n) is 22.9. The first kappa shape index (κ1) is 37.8. The first-order valence-corrected chi connectivity index (χ1v) is 24.5. The molecule has 68 heavy (non-hydrogen) atoms. The Morgan fingerprint density at radius 2 is 0.662 bits per heavy atom. The molecule has 0 saturated heterocycles. The number of hydrogen-bond donors (Lipinski definition) is 0. The van der Waals surface area contributed by atoms with Gasteiger partial charge in [0.1, 0.15) is 22.3 Å². The Bertz CT molecular complexity index is 4230. The Morgan fingerprint density at radius 1 is 0.265 bits per heavy atom. The van der Waals surface area contributed by atoms with E-state index in [1.807, 2.05) is 22.7 Å². The minimum atomic E-state index is 0.844. The lowest BCUT2D eigenvalue weighted by Crippen LogP contribution is -2.10. The molecule has 0 spiro atoms. The Balaban J connectivity index is 0.842. The zero-order chi connectivity index (χ0) is 44.5. The summed E-state index contributed by atoms with van der Waals surface area (Å²) in [5, 5.41) is 13.8. The van der Waals surface area contributed by atoms with Crippen molar-refractivity contribution < 1.29 is 8.83 Å². The molecule has 0 saturated carbocycles. The molecule has 4 aromatic heterocycles. The zero-order valence-corrected chi connectivity index (χ0v) is 37.9. The molecular formula is C62H36N2O2S2. The van der Waals surface area contributed by atoms with E-state index in [9.17, 15) is 0 Å². The van der Waals surface area contributed by atoms with Gasteiger partial charge in [0, 0.05) is 84.6 Å². The van der Waals surface area contributed by atoms with Gasteiger partial charge < -0.3 is 18.6 Å². The number of para-hydroxylation sites is 2. The van der Waals surface area contributed by atoms with Crippen LogP contribution >= 0.6 is 22.7 Å². The summed E-state index contributed by atoms with van der Waals surface area (Å²) in [6.45, 7) is 0. The summed E-state index contributed by atoms with van der Waals surface area (Å²) in [6.07, 6.45) is 0. The largest absolute Gasteiger partial charge is 0.456 e. The van der Waals surface area contributed by atoms with E-state index < -0.39 is 0 Å². The predicted molar refractivity (Wildman–Crippen MR) is 291 cm³/mol. The van der Waals surface area contributed by atoms with E-state index >= 15 is 0 Å². The van der Waals surface area contributed by atoms with Crippen molar-refractivity contribution in [3.8, 4) is 0 Å². The second-order valence-electron chi connectivity index (χ2n) is 17.6. The van der Waals surface area contributed by atoms with Gasteiger partial charge in [0.2, 0.25) is 0 Å². The fourth-order valence-electron chi connectivity index (χ4n) is 10.7. The maximum atomic E-state index is 6.76. The molecule has 15 rings (SSSR count). The monoisotopic (exact) mass is 904 g/mol. The lowest BCUT2D eigenvalue weighted by atomic mass is 10.0. The Labute approximate surface area is 397 Å². The third kappa shape index (κ3) is 5.72. The Kier molecular flexibility index (Phi) is 8.07. The van der Waals surface area contributed by atoms with Crippen molar-refractivity contribution in [2.45, 2.75) is 0 Å². The molecule has 6 heteroatoms. The third-order valence-corrected chi connectivity index (χ3v) is 16.0. The molecular weight excluding hydrogens is 869 g/mol. The minimum absolute atomic E-state index is 0.844. The number of thiophene rings is 2. The van der Waals surface area contributed by atoms with Gasteiger partial charge in [0.15, 0.2) is 0 Å². The van der Waals surface area contributed by atoms with E-state index in [0.29, 0.717) is 0 Å². The van der Waals surface area contributed by atoms with Crippen LogP contribution in [0.1, 0.15) is 0 Å². The van der Waals surface area contributed by atoms with Gasteiger partial charge in [-0.1, -0.05) is 97.1 Å². The van der Waals surface area contributed by atoms with Gasteiger partial charge in [-0.3, -0.25) is 0 Å². The molecule has 0 N–H and O–H groups in total. The van der Waals surface area contributed by atoms with Crippen LogP contribution in [0.5, 0.6) is 0 Å².